The third-order valence-electron chi connectivity index (χ3n) is 0.496. The number of aromatic nitrogens is 1. The Hall–Kier alpha value is 0.876. The van der Waals surface area contributed by atoms with Crippen LogP contribution in [0.15, 0.2) is 24.5 Å². The van der Waals surface area contributed by atoms with E-state index in [1.54, 1.807) is 0 Å². The van der Waals surface area contributed by atoms with E-state index < -0.39 is 0 Å². The fraction of sp³-hybridized carbons (Fsp3) is 0. The molecule has 0 bridgehead atoms. The summed E-state index contributed by atoms with van der Waals surface area (Å²) in [7, 11) is 0. The molecule has 0 unspecified atom stereocenters. The number of rotatable bonds is 0. The van der Waals surface area contributed by atoms with Crippen molar-refractivity contribution in [3.63, 3.8) is 0 Å². The Kier molecular flexibility index (Phi) is 10.6. The average molecular weight is 124 g/mol. The van der Waals surface area contributed by atoms with E-state index in [-0.39, 0.29) is 56.9 Å². The van der Waals surface area contributed by atoms with Crippen LogP contribution in [-0.4, -0.2) is 61.8 Å². The van der Waals surface area contributed by atoms with Crippen LogP contribution in [0.3, 0.4) is 0 Å². The Morgan fingerprint density at radius 1 is 1.00 bits per heavy atom. The van der Waals surface area contributed by atoms with Crippen molar-refractivity contribution in [3.05, 3.63) is 24.5 Å². The Bertz CT molecular complexity index is 68.2. The molecule has 2 nitrogen and oxygen atoms in total. The molecule has 1 aromatic rings. The maximum atomic E-state index is 2.86. The molecule has 0 fully saturated rings. The van der Waals surface area contributed by atoms with Gasteiger partial charge in [-0.15, -0.1) is 0 Å². The summed E-state index contributed by atoms with van der Waals surface area (Å²) in [6, 6.07) is 3.89. The second-order valence-corrected chi connectivity index (χ2v) is 0.885. The zero-order valence-electron chi connectivity index (χ0n) is 4.31. The average Bonchev–Trinajstić information content (AvgIpc) is 1.76. The minimum atomic E-state index is 0. The van der Waals surface area contributed by atoms with Gasteiger partial charge in [0.2, 0.25) is 0 Å². The first kappa shape index (κ1) is 10.8. The molecule has 0 saturated carbocycles. The Balaban J connectivity index is 0. The molecule has 0 aliphatic carbocycles. The first-order chi connectivity index (χ1) is 2.50. The molecule has 3 heteroatoms. The molecule has 1 rings (SSSR count). The van der Waals surface area contributed by atoms with Gasteiger partial charge < -0.3 is 10.5 Å². The summed E-state index contributed by atoms with van der Waals surface area (Å²) in [6.45, 7) is 0. The van der Waals surface area contributed by atoms with Gasteiger partial charge >= 0.3 is 0 Å². The zero-order valence-corrected chi connectivity index (χ0v) is 7.43. The zero-order chi connectivity index (χ0) is 3.54. The molecule has 1 radical (unpaired) electrons. The van der Waals surface area contributed by atoms with Crippen LogP contribution in [0.4, 0.5) is 0 Å². The maximum absolute atomic E-state index is 2.86. The number of nitrogens with one attached hydrogen (secondary N) is 1. The predicted octanol–water partition coefficient (Wildman–Crippen LogP) is -0.191. The van der Waals surface area contributed by atoms with E-state index in [1.807, 2.05) is 24.5 Å². The van der Waals surface area contributed by atoms with Crippen LogP contribution < -0.4 is 0 Å². The Morgan fingerprint density at radius 2 is 1.43 bits per heavy atom. The van der Waals surface area contributed by atoms with Crippen molar-refractivity contribution in [1.82, 2.24) is 4.98 Å². The second kappa shape index (κ2) is 6.88. The molecule has 0 amide bonds. The van der Waals surface area contributed by atoms with Crippen LogP contribution >= 0.6 is 0 Å². The summed E-state index contributed by atoms with van der Waals surface area (Å²) in [6.07, 6.45) is 3.75. The van der Waals surface area contributed by atoms with Crippen molar-refractivity contribution in [2.75, 3.05) is 0 Å². The Labute approximate surface area is 85.0 Å². The number of aromatic amines is 1. The first-order valence-electron chi connectivity index (χ1n) is 1.58. The van der Waals surface area contributed by atoms with E-state index in [4.69, 9.17) is 0 Å². The van der Waals surface area contributed by atoms with Gasteiger partial charge in [0.05, 0.1) is 0 Å². The van der Waals surface area contributed by atoms with E-state index in [2.05, 4.69) is 4.98 Å². The molecule has 0 saturated heterocycles. The van der Waals surface area contributed by atoms with Crippen LogP contribution in [0.2, 0.25) is 0 Å². The quantitative estimate of drug-likeness (QED) is 0.466. The third-order valence-corrected chi connectivity index (χ3v) is 0.496. The van der Waals surface area contributed by atoms with Crippen molar-refractivity contribution in [2.45, 2.75) is 0 Å². The summed E-state index contributed by atoms with van der Waals surface area (Å²) < 4.78 is 0. The molecule has 1 aromatic heterocycles. The van der Waals surface area contributed by atoms with Gasteiger partial charge in [0.1, 0.15) is 0 Å². The van der Waals surface area contributed by atoms with Gasteiger partial charge in [0.15, 0.2) is 0 Å². The monoisotopic (exact) mass is 124 g/mol. The van der Waals surface area contributed by atoms with Gasteiger partial charge in [0.25, 0.3) is 0 Å². The van der Waals surface area contributed by atoms with Crippen LogP contribution in [0.5, 0.6) is 0 Å². The van der Waals surface area contributed by atoms with E-state index >= 15 is 0 Å². The summed E-state index contributed by atoms with van der Waals surface area (Å²) in [5.74, 6) is 0. The van der Waals surface area contributed by atoms with Crippen LogP contribution in [0.1, 0.15) is 0 Å². The third kappa shape index (κ3) is 4.74. The van der Waals surface area contributed by atoms with Crippen molar-refractivity contribution in [1.29, 1.82) is 0 Å². The molecule has 0 aliphatic heterocycles. The fourth-order valence-corrected chi connectivity index (χ4v) is 0.278. The summed E-state index contributed by atoms with van der Waals surface area (Å²) >= 11 is 0. The van der Waals surface area contributed by atoms with Gasteiger partial charge in [-0.3, -0.25) is 0 Å². The fourth-order valence-electron chi connectivity index (χ4n) is 0.278. The van der Waals surface area contributed by atoms with Crippen LogP contribution in [0.25, 0.3) is 0 Å². The topological polar surface area (TPSA) is 47.3 Å². The predicted molar refractivity (Wildman–Crippen MR) is 30.2 cm³/mol. The molecule has 0 aliphatic rings. The number of hydrogen-bond acceptors (Lipinski definition) is 0. The van der Waals surface area contributed by atoms with Gasteiger partial charge in [-0.2, -0.15) is 0 Å². The van der Waals surface area contributed by atoms with Crippen molar-refractivity contribution >= 4 is 51.4 Å². The van der Waals surface area contributed by atoms with Gasteiger partial charge in [-0.05, 0) is 12.1 Å². The molecule has 0 atom stereocenters. The second-order valence-electron chi connectivity index (χ2n) is 0.885. The molecule has 0 spiro atoms. The molecular weight excluding hydrogens is 117 g/mol. The molecule has 1 heterocycles. The van der Waals surface area contributed by atoms with Crippen molar-refractivity contribution in [3.8, 4) is 0 Å². The van der Waals surface area contributed by atoms with Gasteiger partial charge in [-0.25, -0.2) is 0 Å². The van der Waals surface area contributed by atoms with E-state index in [0.29, 0.717) is 0 Å². The SMILES string of the molecule is O.[K].c1cc[nH]c1. The smallest absolute Gasteiger partial charge is 0.000496 e. The standard InChI is InChI=1S/C4H5N.K.H2O/c1-2-4-5-3-1;;/h1-5H;;1H2. The molecule has 35 valence electrons. The molecular formula is C4H7KNO. The van der Waals surface area contributed by atoms with E-state index in [0.717, 1.165) is 0 Å². The summed E-state index contributed by atoms with van der Waals surface area (Å²) in [4.78, 5) is 2.86. The number of H-pyrrole nitrogens is 1. The summed E-state index contributed by atoms with van der Waals surface area (Å²) in [5.41, 5.74) is 0. The molecule has 3 N–H and O–H groups in total. The van der Waals surface area contributed by atoms with Crippen molar-refractivity contribution < 1.29 is 5.48 Å². The van der Waals surface area contributed by atoms with Gasteiger partial charge in [-0.1, -0.05) is 0 Å². The van der Waals surface area contributed by atoms with E-state index in [9.17, 15) is 0 Å². The minimum absolute atomic E-state index is 0. The minimum Gasteiger partial charge on any atom is -0.412 e. The van der Waals surface area contributed by atoms with Gasteiger partial charge in [0, 0.05) is 63.8 Å². The maximum Gasteiger partial charge on any atom is 0.000496 e. The molecule has 7 heavy (non-hydrogen) atoms. The van der Waals surface area contributed by atoms with E-state index in [1.165, 1.54) is 0 Å². The van der Waals surface area contributed by atoms with Crippen LogP contribution in [0, 0.1) is 0 Å². The molecule has 0 aromatic carbocycles. The number of hydrogen-bond donors (Lipinski definition) is 1. The normalized spacial score (nSPS) is 5.71. The largest absolute Gasteiger partial charge is 0.412 e. The first-order valence-corrected chi connectivity index (χ1v) is 1.58. The Morgan fingerprint density at radius 3 is 1.57 bits per heavy atom. The van der Waals surface area contributed by atoms with Crippen molar-refractivity contribution in [2.24, 2.45) is 0 Å². The van der Waals surface area contributed by atoms with Crippen LogP contribution in [-0.2, 0) is 0 Å². The summed E-state index contributed by atoms with van der Waals surface area (Å²) in [5, 5.41) is 0.